The van der Waals surface area contributed by atoms with Gasteiger partial charge in [0.1, 0.15) is 10.8 Å². The molecule has 2 N–H and O–H groups in total. The lowest BCUT2D eigenvalue weighted by Gasteiger charge is -2.18. The number of fused-ring (bicyclic) bond motifs is 1. The molecule has 1 aliphatic carbocycles. The molecule has 3 rings (SSSR count). The maximum Gasteiger partial charge on any atom is 0.341 e. The lowest BCUT2D eigenvalue weighted by atomic mass is 9.88. The summed E-state index contributed by atoms with van der Waals surface area (Å²) in [4.78, 5) is 26.2. The zero-order valence-electron chi connectivity index (χ0n) is 16.5. The van der Waals surface area contributed by atoms with Crippen LogP contribution in [0.5, 0.6) is 5.75 Å². The van der Waals surface area contributed by atoms with Crippen molar-refractivity contribution in [1.82, 2.24) is 0 Å². The summed E-state index contributed by atoms with van der Waals surface area (Å²) in [5.41, 5.74) is 2.36. The van der Waals surface area contributed by atoms with Gasteiger partial charge in [0.15, 0.2) is 0 Å². The number of hydrogen-bond acceptors (Lipinski definition) is 6. The van der Waals surface area contributed by atoms with Crippen LogP contribution < -0.4 is 15.4 Å². The van der Waals surface area contributed by atoms with Crippen LogP contribution in [0.1, 0.15) is 41.1 Å². The number of hydrogen-bond donors (Lipinski definition) is 2. The number of methoxy groups -OCH3 is 1. The molecule has 1 amide bonds. The summed E-state index contributed by atoms with van der Waals surface area (Å²) < 4.78 is 10.4. The fourth-order valence-corrected chi connectivity index (χ4v) is 4.76. The molecule has 0 fully saturated rings. The second-order valence-electron chi connectivity index (χ2n) is 6.91. The smallest absolute Gasteiger partial charge is 0.341 e. The summed E-state index contributed by atoms with van der Waals surface area (Å²) in [6, 6.07) is 7.38. The molecule has 1 atom stereocenters. The number of rotatable bonds is 7. The van der Waals surface area contributed by atoms with Crippen molar-refractivity contribution in [3.05, 3.63) is 40.3 Å². The van der Waals surface area contributed by atoms with E-state index in [1.165, 1.54) is 16.2 Å². The quantitative estimate of drug-likeness (QED) is 0.682. The minimum Gasteiger partial charge on any atom is -0.497 e. The van der Waals surface area contributed by atoms with Gasteiger partial charge in [-0.05, 0) is 49.8 Å². The molecule has 0 bridgehead atoms. The highest BCUT2D eigenvalue weighted by atomic mass is 32.1. The number of carbonyl (C=O) groups is 2. The average molecular weight is 403 g/mol. The van der Waals surface area contributed by atoms with Crippen molar-refractivity contribution in [2.75, 3.05) is 30.9 Å². The Morgan fingerprint density at radius 2 is 2.14 bits per heavy atom. The maximum absolute atomic E-state index is 12.5. The molecule has 0 radical (unpaired) electrons. The Hall–Kier alpha value is -2.54. The Bertz CT molecular complexity index is 862. The Morgan fingerprint density at radius 3 is 2.89 bits per heavy atom. The highest BCUT2D eigenvalue weighted by Crippen LogP contribution is 2.40. The molecule has 1 aliphatic rings. The van der Waals surface area contributed by atoms with Crippen molar-refractivity contribution >= 4 is 33.9 Å². The van der Waals surface area contributed by atoms with Crippen molar-refractivity contribution in [2.24, 2.45) is 5.92 Å². The van der Waals surface area contributed by atoms with Gasteiger partial charge in [-0.2, -0.15) is 0 Å². The van der Waals surface area contributed by atoms with E-state index in [9.17, 15) is 9.59 Å². The van der Waals surface area contributed by atoms with Gasteiger partial charge < -0.3 is 20.1 Å². The predicted molar refractivity (Wildman–Crippen MR) is 112 cm³/mol. The molecule has 6 nitrogen and oxygen atoms in total. The van der Waals surface area contributed by atoms with Crippen molar-refractivity contribution < 1.29 is 19.1 Å². The molecular weight excluding hydrogens is 376 g/mol. The van der Waals surface area contributed by atoms with E-state index in [4.69, 9.17) is 9.47 Å². The third-order valence-electron chi connectivity index (χ3n) is 4.77. The van der Waals surface area contributed by atoms with E-state index in [0.29, 0.717) is 23.1 Å². The Labute approximate surface area is 169 Å². The van der Waals surface area contributed by atoms with Gasteiger partial charge in [0.2, 0.25) is 5.91 Å². The van der Waals surface area contributed by atoms with Crippen LogP contribution in [0.4, 0.5) is 10.7 Å². The molecule has 0 saturated carbocycles. The second kappa shape index (κ2) is 9.10. The van der Waals surface area contributed by atoms with Crippen LogP contribution in [0.25, 0.3) is 0 Å². The van der Waals surface area contributed by atoms with Crippen molar-refractivity contribution in [2.45, 2.75) is 33.1 Å². The second-order valence-corrected chi connectivity index (χ2v) is 8.02. The summed E-state index contributed by atoms with van der Waals surface area (Å²) in [6.07, 6.45) is 2.82. The zero-order valence-corrected chi connectivity index (χ0v) is 17.3. The number of thiophene rings is 1. The first-order chi connectivity index (χ1) is 13.5. The molecule has 1 aromatic heterocycles. The van der Waals surface area contributed by atoms with Crippen LogP contribution in [0.3, 0.4) is 0 Å². The van der Waals surface area contributed by atoms with E-state index in [-0.39, 0.29) is 18.4 Å². The van der Waals surface area contributed by atoms with Crippen LogP contribution in [-0.2, 0) is 22.4 Å². The first kappa shape index (κ1) is 20.2. The van der Waals surface area contributed by atoms with Crippen LogP contribution in [0.2, 0.25) is 0 Å². The minimum atomic E-state index is -0.356. The van der Waals surface area contributed by atoms with E-state index >= 15 is 0 Å². The third kappa shape index (κ3) is 4.65. The van der Waals surface area contributed by atoms with Gasteiger partial charge >= 0.3 is 5.97 Å². The van der Waals surface area contributed by atoms with Crippen LogP contribution in [0.15, 0.2) is 24.3 Å². The number of benzene rings is 1. The lowest BCUT2D eigenvalue weighted by Crippen LogP contribution is -2.22. The molecule has 0 spiro atoms. The van der Waals surface area contributed by atoms with Crippen LogP contribution >= 0.6 is 11.3 Å². The summed E-state index contributed by atoms with van der Waals surface area (Å²) in [5, 5.41) is 6.58. The molecular formula is C21H26N2O4S. The standard InChI is InChI=1S/C21H26N2O4S/c1-4-27-21(25)19-16-9-8-13(2)10-17(16)28-20(19)23-18(24)12-22-14-6-5-7-15(11-14)26-3/h5-7,11,13,22H,4,8-10,12H2,1-3H3,(H,23,24)/t13-/m1/s1. The van der Waals surface area contributed by atoms with Crippen LogP contribution in [-0.4, -0.2) is 32.1 Å². The first-order valence-electron chi connectivity index (χ1n) is 9.51. The van der Waals surface area contributed by atoms with Gasteiger partial charge in [-0.3, -0.25) is 4.79 Å². The average Bonchev–Trinajstić information content (AvgIpc) is 3.03. The fourth-order valence-electron chi connectivity index (χ4n) is 3.34. The number of esters is 1. The highest BCUT2D eigenvalue weighted by Gasteiger charge is 2.29. The maximum atomic E-state index is 12.5. The molecule has 1 heterocycles. The first-order valence-corrected chi connectivity index (χ1v) is 10.3. The molecule has 0 unspecified atom stereocenters. The molecule has 1 aromatic carbocycles. The van der Waals surface area contributed by atoms with E-state index in [1.54, 1.807) is 14.0 Å². The topological polar surface area (TPSA) is 76.7 Å². The van der Waals surface area contributed by atoms with E-state index in [1.807, 2.05) is 24.3 Å². The van der Waals surface area contributed by atoms with Crippen molar-refractivity contribution in [3.8, 4) is 5.75 Å². The van der Waals surface area contributed by atoms with Gasteiger partial charge in [0, 0.05) is 16.6 Å². The van der Waals surface area contributed by atoms with Gasteiger partial charge in [-0.15, -0.1) is 11.3 Å². The predicted octanol–water partition coefficient (Wildman–Crippen LogP) is 4.11. The van der Waals surface area contributed by atoms with Gasteiger partial charge in [0.25, 0.3) is 0 Å². The third-order valence-corrected chi connectivity index (χ3v) is 5.94. The summed E-state index contributed by atoms with van der Waals surface area (Å²) in [7, 11) is 1.60. The molecule has 28 heavy (non-hydrogen) atoms. The lowest BCUT2D eigenvalue weighted by molar-refractivity contribution is -0.114. The van der Waals surface area contributed by atoms with Crippen molar-refractivity contribution in [3.63, 3.8) is 0 Å². The molecule has 7 heteroatoms. The fraction of sp³-hybridized carbons (Fsp3) is 0.429. The molecule has 0 saturated heterocycles. The SMILES string of the molecule is CCOC(=O)c1c(NC(=O)CNc2cccc(OC)c2)sc2c1CC[C@@H](C)C2. The Morgan fingerprint density at radius 1 is 1.32 bits per heavy atom. The number of anilines is 2. The number of nitrogens with one attached hydrogen (secondary N) is 2. The van der Waals surface area contributed by atoms with E-state index in [0.717, 1.165) is 36.3 Å². The van der Waals surface area contributed by atoms with Crippen LogP contribution in [0, 0.1) is 5.92 Å². The number of carbonyl (C=O) groups excluding carboxylic acids is 2. The van der Waals surface area contributed by atoms with Gasteiger partial charge in [0.05, 0.1) is 25.8 Å². The zero-order chi connectivity index (χ0) is 20.1. The monoisotopic (exact) mass is 402 g/mol. The van der Waals surface area contributed by atoms with Gasteiger partial charge in [-0.25, -0.2) is 4.79 Å². The highest BCUT2D eigenvalue weighted by molar-refractivity contribution is 7.17. The normalized spacial score (nSPS) is 15.5. The Kier molecular flexibility index (Phi) is 6.57. The summed E-state index contributed by atoms with van der Waals surface area (Å²) in [5.74, 6) is 0.736. The number of amides is 1. The van der Waals surface area contributed by atoms with E-state index < -0.39 is 0 Å². The molecule has 150 valence electrons. The largest absolute Gasteiger partial charge is 0.497 e. The summed E-state index contributed by atoms with van der Waals surface area (Å²) in [6.45, 7) is 4.40. The molecule has 0 aliphatic heterocycles. The minimum absolute atomic E-state index is 0.0917. The summed E-state index contributed by atoms with van der Waals surface area (Å²) >= 11 is 1.50. The molecule has 2 aromatic rings. The van der Waals surface area contributed by atoms with E-state index in [2.05, 4.69) is 17.6 Å². The Balaban J connectivity index is 1.73. The van der Waals surface area contributed by atoms with Gasteiger partial charge in [-0.1, -0.05) is 13.0 Å². The van der Waals surface area contributed by atoms with Crippen molar-refractivity contribution in [1.29, 1.82) is 0 Å². The number of ether oxygens (including phenoxy) is 2.